The van der Waals surface area contributed by atoms with Gasteiger partial charge < -0.3 is 16.2 Å². The third-order valence-electron chi connectivity index (χ3n) is 5.59. The van der Waals surface area contributed by atoms with Gasteiger partial charge in [0.05, 0.1) is 12.7 Å². The Morgan fingerprint density at radius 3 is 2.50 bits per heavy atom. The van der Waals surface area contributed by atoms with Gasteiger partial charge in [0, 0.05) is 37.2 Å². The molecule has 1 heterocycles. The highest BCUT2D eigenvalue weighted by Gasteiger charge is 2.24. The fraction of sp³-hybridized carbons (Fsp3) is 0.250. The summed E-state index contributed by atoms with van der Waals surface area (Å²) in [5.74, 6) is -0.997. The monoisotopic (exact) mass is 403 g/mol. The summed E-state index contributed by atoms with van der Waals surface area (Å²) in [6.07, 6.45) is 0.451. The van der Waals surface area contributed by atoms with E-state index < -0.39 is 11.8 Å². The van der Waals surface area contributed by atoms with E-state index in [2.05, 4.69) is 17.0 Å². The van der Waals surface area contributed by atoms with Gasteiger partial charge in [0.1, 0.15) is 0 Å². The number of nitrogens with zero attached hydrogens (tertiary/aromatic N) is 1. The smallest absolute Gasteiger partial charge is 0.249 e. The Bertz CT molecular complexity index is 1080. The molecule has 1 atom stereocenters. The van der Waals surface area contributed by atoms with Crippen LogP contribution in [0.5, 0.6) is 0 Å². The van der Waals surface area contributed by atoms with Crippen LogP contribution >= 0.6 is 0 Å². The van der Waals surface area contributed by atoms with Gasteiger partial charge in [0.15, 0.2) is 0 Å². The van der Waals surface area contributed by atoms with Crippen molar-refractivity contribution >= 4 is 22.6 Å². The fourth-order valence-corrected chi connectivity index (χ4v) is 4.10. The van der Waals surface area contributed by atoms with Gasteiger partial charge in [0.2, 0.25) is 11.8 Å². The Morgan fingerprint density at radius 2 is 1.77 bits per heavy atom. The first kappa shape index (κ1) is 20.1. The summed E-state index contributed by atoms with van der Waals surface area (Å²) >= 11 is 0. The Labute approximate surface area is 175 Å². The van der Waals surface area contributed by atoms with E-state index in [4.69, 9.17) is 16.2 Å². The zero-order chi connectivity index (χ0) is 21.1. The maximum Gasteiger partial charge on any atom is 0.249 e. The molecule has 1 aliphatic heterocycles. The van der Waals surface area contributed by atoms with Crippen LogP contribution in [0.1, 0.15) is 31.8 Å². The van der Waals surface area contributed by atoms with E-state index in [0.29, 0.717) is 24.2 Å². The van der Waals surface area contributed by atoms with Crippen molar-refractivity contribution in [2.45, 2.75) is 19.1 Å². The number of carbonyl (C=O) groups is 2. The molecule has 4 N–H and O–H groups in total. The number of nitrogens with two attached hydrogens (primary N) is 2. The first-order chi connectivity index (χ1) is 14.5. The fourth-order valence-electron chi connectivity index (χ4n) is 4.10. The van der Waals surface area contributed by atoms with Crippen LogP contribution < -0.4 is 11.5 Å². The third-order valence-corrected chi connectivity index (χ3v) is 5.59. The lowest BCUT2D eigenvalue weighted by Gasteiger charge is -2.33. The Morgan fingerprint density at radius 1 is 1.00 bits per heavy atom. The maximum absolute atomic E-state index is 12.1. The van der Waals surface area contributed by atoms with Gasteiger partial charge in [-0.15, -0.1) is 0 Å². The molecule has 0 aliphatic carbocycles. The molecule has 3 aromatic rings. The highest BCUT2D eigenvalue weighted by molar-refractivity contribution is 6.03. The minimum absolute atomic E-state index is 0.0802. The Kier molecular flexibility index (Phi) is 5.79. The highest BCUT2D eigenvalue weighted by atomic mass is 16.5. The maximum atomic E-state index is 12.1. The molecule has 3 aromatic carbocycles. The largest absolute Gasteiger partial charge is 0.375 e. The van der Waals surface area contributed by atoms with Gasteiger partial charge in [-0.25, -0.2) is 0 Å². The molecule has 30 heavy (non-hydrogen) atoms. The van der Waals surface area contributed by atoms with E-state index >= 15 is 0 Å². The zero-order valence-corrected chi connectivity index (χ0v) is 16.7. The van der Waals surface area contributed by atoms with E-state index in [0.717, 1.165) is 36.0 Å². The predicted octanol–water partition coefficient (Wildman–Crippen LogP) is 2.48. The van der Waals surface area contributed by atoms with Crippen LogP contribution in [0.15, 0.2) is 60.7 Å². The number of rotatable bonds is 6. The first-order valence-electron chi connectivity index (χ1n) is 10.0. The van der Waals surface area contributed by atoms with E-state index in [1.54, 1.807) is 18.2 Å². The topological polar surface area (TPSA) is 98.7 Å². The summed E-state index contributed by atoms with van der Waals surface area (Å²) in [4.78, 5) is 26.1. The van der Waals surface area contributed by atoms with Crippen molar-refractivity contribution in [3.8, 4) is 0 Å². The van der Waals surface area contributed by atoms with Crippen LogP contribution in [0.4, 0.5) is 0 Å². The van der Waals surface area contributed by atoms with Gasteiger partial charge in [-0.05, 0) is 40.1 Å². The molecular formula is C24H25N3O3. The quantitative estimate of drug-likeness (QED) is 0.661. The summed E-state index contributed by atoms with van der Waals surface area (Å²) in [7, 11) is 0. The molecule has 154 valence electrons. The van der Waals surface area contributed by atoms with Crippen molar-refractivity contribution in [3.63, 3.8) is 0 Å². The van der Waals surface area contributed by atoms with E-state index in [1.165, 1.54) is 5.56 Å². The van der Waals surface area contributed by atoms with Crippen LogP contribution in [0.3, 0.4) is 0 Å². The summed E-state index contributed by atoms with van der Waals surface area (Å²) in [5, 5.41) is 1.74. The number of hydrogen-bond donors (Lipinski definition) is 2. The van der Waals surface area contributed by atoms with Crippen LogP contribution in [-0.2, 0) is 17.7 Å². The number of fused-ring (bicyclic) bond motifs is 1. The predicted molar refractivity (Wildman–Crippen MR) is 116 cm³/mol. The molecule has 1 fully saturated rings. The van der Waals surface area contributed by atoms with Crippen LogP contribution in [0, 0.1) is 0 Å². The molecule has 6 heteroatoms. The first-order valence-corrected chi connectivity index (χ1v) is 10.0. The molecule has 1 unspecified atom stereocenters. The number of benzene rings is 3. The molecule has 0 spiro atoms. The van der Waals surface area contributed by atoms with Gasteiger partial charge in [-0.3, -0.25) is 14.5 Å². The lowest BCUT2D eigenvalue weighted by atomic mass is 9.92. The van der Waals surface area contributed by atoms with E-state index in [1.807, 2.05) is 30.3 Å². The van der Waals surface area contributed by atoms with Gasteiger partial charge >= 0.3 is 0 Å². The van der Waals surface area contributed by atoms with Crippen molar-refractivity contribution in [1.82, 2.24) is 4.90 Å². The van der Waals surface area contributed by atoms with E-state index in [-0.39, 0.29) is 6.10 Å². The number of carbonyl (C=O) groups excluding carboxylic acids is 2. The van der Waals surface area contributed by atoms with Gasteiger partial charge in [-0.2, -0.15) is 0 Å². The average Bonchev–Trinajstić information content (AvgIpc) is 2.74. The molecule has 0 radical (unpaired) electrons. The van der Waals surface area contributed by atoms with Crippen molar-refractivity contribution in [3.05, 3.63) is 82.9 Å². The number of amides is 2. The minimum atomic E-state index is -0.504. The highest BCUT2D eigenvalue weighted by Crippen LogP contribution is 2.27. The molecule has 1 aliphatic rings. The summed E-state index contributed by atoms with van der Waals surface area (Å²) in [6, 6.07) is 19.2. The third kappa shape index (κ3) is 4.35. The summed E-state index contributed by atoms with van der Waals surface area (Å²) < 4.78 is 6.03. The molecule has 2 amide bonds. The molecule has 1 saturated heterocycles. The molecule has 6 nitrogen and oxygen atoms in total. The second-order valence-corrected chi connectivity index (χ2v) is 7.67. The van der Waals surface area contributed by atoms with Crippen LogP contribution in [-0.4, -0.2) is 42.5 Å². The number of primary amides is 2. The second kappa shape index (κ2) is 8.65. The average molecular weight is 403 g/mol. The SMILES string of the molecule is NC(=O)c1ccc2ccc(C(N)=O)c(CC3CN(Cc4ccccc4)CCO3)c2c1. The summed E-state index contributed by atoms with van der Waals surface area (Å²) in [5.41, 5.74) is 14.0. The number of hydrogen-bond acceptors (Lipinski definition) is 4. The summed E-state index contributed by atoms with van der Waals surface area (Å²) in [6.45, 7) is 3.08. The standard InChI is InChI=1S/C24H25N3O3/c25-23(28)18-7-6-17-8-9-20(24(26)29)22(21(17)12-18)13-19-15-27(10-11-30-19)14-16-4-2-1-3-5-16/h1-9,12,19H,10-11,13-15H2,(H2,25,28)(H2,26,29). The molecule has 0 saturated carbocycles. The number of morpholine rings is 1. The molecular weight excluding hydrogens is 378 g/mol. The molecule has 4 rings (SSSR count). The van der Waals surface area contributed by atoms with Gasteiger partial charge in [-0.1, -0.05) is 42.5 Å². The van der Waals surface area contributed by atoms with Crippen molar-refractivity contribution < 1.29 is 14.3 Å². The van der Waals surface area contributed by atoms with Crippen LogP contribution in [0.25, 0.3) is 10.8 Å². The lowest BCUT2D eigenvalue weighted by molar-refractivity contribution is -0.0303. The lowest BCUT2D eigenvalue weighted by Crippen LogP contribution is -2.43. The van der Waals surface area contributed by atoms with Crippen LogP contribution in [0.2, 0.25) is 0 Å². The normalized spacial score (nSPS) is 17.1. The Hall–Kier alpha value is -3.22. The van der Waals surface area contributed by atoms with E-state index in [9.17, 15) is 9.59 Å². The molecule has 0 bridgehead atoms. The van der Waals surface area contributed by atoms with Gasteiger partial charge in [0.25, 0.3) is 0 Å². The molecule has 0 aromatic heterocycles. The minimum Gasteiger partial charge on any atom is -0.375 e. The van der Waals surface area contributed by atoms with Crippen molar-refractivity contribution in [2.75, 3.05) is 19.7 Å². The zero-order valence-electron chi connectivity index (χ0n) is 16.7. The van der Waals surface area contributed by atoms with Crippen molar-refractivity contribution in [2.24, 2.45) is 11.5 Å². The Balaban J connectivity index is 1.63. The number of ether oxygens (including phenoxy) is 1. The second-order valence-electron chi connectivity index (χ2n) is 7.67. The van der Waals surface area contributed by atoms with Crippen molar-refractivity contribution in [1.29, 1.82) is 0 Å².